The van der Waals surface area contributed by atoms with Gasteiger partial charge in [-0.2, -0.15) is 5.10 Å². The Balaban J connectivity index is 2.68. The number of H-pyrrole nitrogens is 1. The summed E-state index contributed by atoms with van der Waals surface area (Å²) in [5, 5.41) is 9.08. The van der Waals surface area contributed by atoms with Crippen molar-refractivity contribution in [3.05, 3.63) is 30.0 Å². The van der Waals surface area contributed by atoms with E-state index in [1.807, 2.05) is 18.3 Å². The minimum atomic E-state index is 0.476. The van der Waals surface area contributed by atoms with Crippen LogP contribution in [0.2, 0.25) is 0 Å². The number of aromatic amines is 1. The Kier molecular flexibility index (Phi) is 1.48. The minimum Gasteiger partial charge on any atom is -0.382 e. The number of hydrogen-bond acceptors (Lipinski definition) is 3. The quantitative estimate of drug-likeness (QED) is 0.580. The van der Waals surface area contributed by atoms with Crippen LogP contribution < -0.4 is 5.73 Å². The fraction of sp³-hybridized carbons (Fsp3) is 0.0909. The van der Waals surface area contributed by atoms with Gasteiger partial charge in [0.2, 0.25) is 0 Å². The first kappa shape index (κ1) is 8.23. The Bertz CT molecular complexity index is 654. The van der Waals surface area contributed by atoms with Gasteiger partial charge in [-0.1, -0.05) is 12.1 Å². The molecule has 0 spiro atoms. The van der Waals surface area contributed by atoms with E-state index in [-0.39, 0.29) is 0 Å². The van der Waals surface area contributed by atoms with Crippen LogP contribution in [0.1, 0.15) is 5.56 Å². The molecule has 2 heterocycles. The lowest BCUT2D eigenvalue weighted by atomic mass is 10.1. The zero-order valence-corrected chi connectivity index (χ0v) is 8.28. The van der Waals surface area contributed by atoms with Crippen LogP contribution in [0.4, 0.5) is 5.82 Å². The van der Waals surface area contributed by atoms with Gasteiger partial charge in [-0.15, -0.1) is 0 Å². The molecule has 0 aliphatic carbocycles. The second-order valence-electron chi connectivity index (χ2n) is 3.61. The van der Waals surface area contributed by atoms with E-state index in [0.717, 1.165) is 21.8 Å². The van der Waals surface area contributed by atoms with Gasteiger partial charge in [0.05, 0.1) is 5.52 Å². The van der Waals surface area contributed by atoms with E-state index in [1.54, 1.807) is 0 Å². The predicted molar refractivity (Wildman–Crippen MR) is 60.5 cm³/mol. The molecule has 2 aromatic heterocycles. The lowest BCUT2D eigenvalue weighted by Crippen LogP contribution is -1.93. The van der Waals surface area contributed by atoms with Crippen LogP contribution in [-0.2, 0) is 0 Å². The first-order valence-corrected chi connectivity index (χ1v) is 4.75. The zero-order valence-electron chi connectivity index (χ0n) is 8.28. The number of nitrogens with zero attached hydrogens (tertiary/aromatic N) is 2. The van der Waals surface area contributed by atoms with Crippen molar-refractivity contribution >= 4 is 27.6 Å². The average Bonchev–Trinajstić information content (AvgIpc) is 2.66. The van der Waals surface area contributed by atoms with Gasteiger partial charge in [-0.05, 0) is 18.6 Å². The molecular weight excluding hydrogens is 188 g/mol. The third-order valence-corrected chi connectivity index (χ3v) is 2.64. The highest BCUT2D eigenvalue weighted by atomic mass is 15.1. The molecule has 3 rings (SSSR count). The molecule has 1 aromatic carbocycles. The van der Waals surface area contributed by atoms with Gasteiger partial charge < -0.3 is 5.73 Å². The summed E-state index contributed by atoms with van der Waals surface area (Å²) in [5.41, 5.74) is 8.67. The van der Waals surface area contributed by atoms with Gasteiger partial charge in [-0.3, -0.25) is 5.10 Å². The molecule has 0 aliphatic rings. The highest BCUT2D eigenvalue weighted by molar-refractivity contribution is 6.09. The molecule has 4 heteroatoms. The van der Waals surface area contributed by atoms with Crippen LogP contribution in [0.25, 0.3) is 21.8 Å². The van der Waals surface area contributed by atoms with Crippen molar-refractivity contribution in [2.75, 3.05) is 5.73 Å². The lowest BCUT2D eigenvalue weighted by Gasteiger charge is -2.03. The second kappa shape index (κ2) is 2.70. The Labute approximate surface area is 86.1 Å². The molecule has 0 unspecified atom stereocenters. The van der Waals surface area contributed by atoms with Crippen molar-refractivity contribution in [2.24, 2.45) is 0 Å². The highest BCUT2D eigenvalue weighted by Gasteiger charge is 2.09. The average molecular weight is 198 g/mol. The van der Waals surface area contributed by atoms with Crippen molar-refractivity contribution in [1.29, 1.82) is 0 Å². The van der Waals surface area contributed by atoms with Crippen LogP contribution >= 0.6 is 0 Å². The van der Waals surface area contributed by atoms with E-state index in [0.29, 0.717) is 5.82 Å². The van der Waals surface area contributed by atoms with E-state index in [1.165, 1.54) is 5.56 Å². The molecule has 0 atom stereocenters. The van der Waals surface area contributed by atoms with Crippen molar-refractivity contribution in [3.8, 4) is 0 Å². The van der Waals surface area contributed by atoms with Crippen LogP contribution in [-0.4, -0.2) is 15.2 Å². The molecule has 4 nitrogen and oxygen atoms in total. The summed E-state index contributed by atoms with van der Waals surface area (Å²) >= 11 is 0. The van der Waals surface area contributed by atoms with Crippen molar-refractivity contribution in [2.45, 2.75) is 6.92 Å². The van der Waals surface area contributed by atoms with Crippen LogP contribution in [0.15, 0.2) is 24.4 Å². The fourth-order valence-electron chi connectivity index (χ4n) is 1.95. The number of aryl methyl sites for hydroxylation is 1. The Morgan fingerprint density at radius 3 is 3.07 bits per heavy atom. The number of rotatable bonds is 0. The highest BCUT2D eigenvalue weighted by Crippen LogP contribution is 2.27. The molecule has 0 radical (unpaired) electrons. The van der Waals surface area contributed by atoms with E-state index in [4.69, 9.17) is 5.73 Å². The smallest absolute Gasteiger partial charge is 0.152 e. The number of fused-ring (bicyclic) bond motifs is 3. The molecular formula is C11H10N4. The molecule has 3 N–H and O–H groups in total. The van der Waals surface area contributed by atoms with Crippen molar-refractivity contribution in [3.63, 3.8) is 0 Å². The zero-order chi connectivity index (χ0) is 10.4. The van der Waals surface area contributed by atoms with Gasteiger partial charge in [0.1, 0.15) is 5.52 Å². The monoisotopic (exact) mass is 198 g/mol. The van der Waals surface area contributed by atoms with Gasteiger partial charge >= 0.3 is 0 Å². The summed E-state index contributed by atoms with van der Waals surface area (Å²) in [6.07, 6.45) is 1.86. The van der Waals surface area contributed by atoms with Crippen LogP contribution in [0, 0.1) is 6.92 Å². The Morgan fingerprint density at radius 1 is 1.33 bits per heavy atom. The Morgan fingerprint density at radius 2 is 2.20 bits per heavy atom. The van der Waals surface area contributed by atoms with Gasteiger partial charge in [0, 0.05) is 17.0 Å². The number of nitrogens with one attached hydrogen (secondary N) is 1. The molecule has 15 heavy (non-hydrogen) atoms. The third-order valence-electron chi connectivity index (χ3n) is 2.64. The Hall–Kier alpha value is -2.10. The summed E-state index contributed by atoms with van der Waals surface area (Å²) < 4.78 is 0. The lowest BCUT2D eigenvalue weighted by molar-refractivity contribution is 1.12. The largest absolute Gasteiger partial charge is 0.382 e. The standard InChI is InChI=1S/C11H10N4/c1-6-3-2-4-8-9(6)7-5-13-15-10(7)11(12)14-8/h2-5H,1H3,(H2,12,14)(H,13,15). The summed E-state index contributed by atoms with van der Waals surface area (Å²) in [5.74, 6) is 0.476. The first-order chi connectivity index (χ1) is 7.27. The van der Waals surface area contributed by atoms with Gasteiger partial charge in [0.15, 0.2) is 5.82 Å². The molecule has 3 aromatic rings. The second-order valence-corrected chi connectivity index (χ2v) is 3.61. The molecule has 0 fully saturated rings. The topological polar surface area (TPSA) is 67.6 Å². The summed E-state index contributed by atoms with van der Waals surface area (Å²) in [6.45, 7) is 2.06. The van der Waals surface area contributed by atoms with Crippen LogP contribution in [0.5, 0.6) is 0 Å². The minimum absolute atomic E-state index is 0.476. The van der Waals surface area contributed by atoms with Crippen molar-refractivity contribution in [1.82, 2.24) is 15.2 Å². The maximum atomic E-state index is 5.82. The number of nitrogens with two attached hydrogens (primary N) is 1. The fourth-order valence-corrected chi connectivity index (χ4v) is 1.95. The summed E-state index contributed by atoms with van der Waals surface area (Å²) in [6, 6.07) is 6.01. The summed E-state index contributed by atoms with van der Waals surface area (Å²) in [7, 11) is 0. The normalized spacial score (nSPS) is 11.3. The maximum Gasteiger partial charge on any atom is 0.152 e. The first-order valence-electron chi connectivity index (χ1n) is 4.75. The molecule has 0 saturated heterocycles. The number of anilines is 1. The number of benzene rings is 1. The summed E-state index contributed by atoms with van der Waals surface area (Å²) in [4.78, 5) is 4.33. The van der Waals surface area contributed by atoms with Gasteiger partial charge in [0.25, 0.3) is 0 Å². The van der Waals surface area contributed by atoms with E-state index in [2.05, 4.69) is 28.2 Å². The number of pyridine rings is 1. The van der Waals surface area contributed by atoms with E-state index < -0.39 is 0 Å². The molecule has 74 valence electrons. The molecule has 0 amide bonds. The molecule has 0 bridgehead atoms. The maximum absolute atomic E-state index is 5.82. The van der Waals surface area contributed by atoms with Crippen molar-refractivity contribution < 1.29 is 0 Å². The van der Waals surface area contributed by atoms with E-state index >= 15 is 0 Å². The molecule has 0 saturated carbocycles. The van der Waals surface area contributed by atoms with Crippen LogP contribution in [0.3, 0.4) is 0 Å². The number of nitrogen functional groups attached to an aromatic ring is 1. The predicted octanol–water partition coefficient (Wildman–Crippen LogP) is 2.00. The number of aromatic nitrogens is 3. The third kappa shape index (κ3) is 1.01. The van der Waals surface area contributed by atoms with E-state index in [9.17, 15) is 0 Å². The number of hydrogen-bond donors (Lipinski definition) is 2. The van der Waals surface area contributed by atoms with Gasteiger partial charge in [-0.25, -0.2) is 4.98 Å². The SMILES string of the molecule is Cc1cccc2nc(N)c3n[nH]cc3c12. The molecule has 0 aliphatic heterocycles.